The Balaban J connectivity index is 2.00. The number of nitrogens with two attached hydrogens (primary N) is 2. The van der Waals surface area contributed by atoms with Gasteiger partial charge < -0.3 is 16.8 Å². The fourth-order valence-corrected chi connectivity index (χ4v) is 1.87. The van der Waals surface area contributed by atoms with E-state index in [2.05, 4.69) is 39.0 Å². The number of nitrogen functional groups attached to an aromatic ring is 1. The fraction of sp³-hybridized carbons (Fsp3) is 0.111. The van der Waals surface area contributed by atoms with Crippen molar-refractivity contribution >= 4 is 17.8 Å². The lowest BCUT2D eigenvalue weighted by Gasteiger charge is -2.14. The zero-order chi connectivity index (χ0) is 19.6. The van der Waals surface area contributed by atoms with E-state index in [0.717, 1.165) is 0 Å². The van der Waals surface area contributed by atoms with Gasteiger partial charge in [0.15, 0.2) is 0 Å². The van der Waals surface area contributed by atoms with Crippen LogP contribution >= 0.6 is 0 Å². The van der Waals surface area contributed by atoms with Gasteiger partial charge in [-0.25, -0.2) is 15.4 Å². The van der Waals surface area contributed by atoms with Gasteiger partial charge in [-0.3, -0.25) is 14.8 Å². The summed E-state index contributed by atoms with van der Waals surface area (Å²) in [7, 11) is 0. The van der Waals surface area contributed by atoms with E-state index in [9.17, 15) is 9.59 Å². The largest absolute Gasteiger partial charge is 0.368 e. The van der Waals surface area contributed by atoms with Crippen molar-refractivity contribution in [1.82, 2.24) is 20.8 Å². The van der Waals surface area contributed by atoms with Gasteiger partial charge in [-0.2, -0.15) is 0 Å². The maximum Gasteiger partial charge on any atom is 0.267 e. The van der Waals surface area contributed by atoms with E-state index in [-0.39, 0.29) is 12.5 Å². The predicted molar refractivity (Wildman–Crippen MR) is 96.9 cm³/mol. The third-order valence-electron chi connectivity index (χ3n) is 3.26. The third kappa shape index (κ3) is 5.83. The summed E-state index contributed by atoms with van der Waals surface area (Å²) in [4.78, 5) is 31.0. The summed E-state index contributed by atoms with van der Waals surface area (Å²) >= 11 is 0. The van der Waals surface area contributed by atoms with Crippen LogP contribution in [0.4, 0.5) is 5.95 Å². The minimum Gasteiger partial charge on any atom is -0.368 e. The molecule has 0 bridgehead atoms. The SMILES string of the molecule is NC[C@H](NC(=O)c1ccc(C#CC#Cc2cnc(N)nc2)cc1)C(=O)NO. The van der Waals surface area contributed by atoms with Crippen LogP contribution in [0, 0.1) is 23.7 Å². The van der Waals surface area contributed by atoms with Crippen LogP contribution in [-0.4, -0.2) is 39.6 Å². The highest BCUT2D eigenvalue weighted by molar-refractivity contribution is 5.97. The molecule has 0 aliphatic carbocycles. The Labute approximate surface area is 155 Å². The first-order chi connectivity index (χ1) is 13.0. The number of anilines is 1. The highest BCUT2D eigenvalue weighted by atomic mass is 16.5. The molecule has 2 rings (SSSR count). The number of hydrogen-bond donors (Lipinski definition) is 5. The molecule has 0 aliphatic rings. The van der Waals surface area contributed by atoms with E-state index in [1.165, 1.54) is 17.9 Å². The molecule has 0 aliphatic heterocycles. The fourth-order valence-electron chi connectivity index (χ4n) is 1.87. The molecule has 9 heteroatoms. The van der Waals surface area contributed by atoms with Crippen molar-refractivity contribution in [3.8, 4) is 23.7 Å². The monoisotopic (exact) mass is 364 g/mol. The summed E-state index contributed by atoms with van der Waals surface area (Å²) in [6.07, 6.45) is 2.99. The van der Waals surface area contributed by atoms with Gasteiger partial charge in [-0.1, -0.05) is 5.92 Å². The summed E-state index contributed by atoms with van der Waals surface area (Å²) in [6, 6.07) is 5.34. The number of carbonyl (C=O) groups excluding carboxylic acids is 2. The summed E-state index contributed by atoms with van der Waals surface area (Å²) in [5, 5.41) is 11.0. The maximum atomic E-state index is 12.1. The van der Waals surface area contributed by atoms with Crippen LogP contribution in [0.25, 0.3) is 0 Å². The number of nitrogens with one attached hydrogen (secondary N) is 2. The first-order valence-corrected chi connectivity index (χ1v) is 7.68. The van der Waals surface area contributed by atoms with Crippen molar-refractivity contribution in [2.45, 2.75) is 6.04 Å². The molecular weight excluding hydrogens is 348 g/mol. The lowest BCUT2D eigenvalue weighted by atomic mass is 10.1. The van der Waals surface area contributed by atoms with Gasteiger partial charge in [-0.15, -0.1) is 0 Å². The van der Waals surface area contributed by atoms with Gasteiger partial charge in [0, 0.05) is 30.1 Å². The van der Waals surface area contributed by atoms with Gasteiger partial charge >= 0.3 is 0 Å². The van der Waals surface area contributed by atoms with E-state index < -0.39 is 17.9 Å². The second kappa shape index (κ2) is 9.53. The van der Waals surface area contributed by atoms with E-state index >= 15 is 0 Å². The molecule has 0 radical (unpaired) electrons. The second-order valence-corrected chi connectivity index (χ2v) is 5.15. The molecule has 27 heavy (non-hydrogen) atoms. The summed E-state index contributed by atoms with van der Waals surface area (Å²) in [5.41, 5.74) is 13.8. The minimum atomic E-state index is -1.03. The van der Waals surface area contributed by atoms with Crippen molar-refractivity contribution in [3.05, 3.63) is 53.3 Å². The zero-order valence-electron chi connectivity index (χ0n) is 14.1. The number of amides is 2. The number of aromatic nitrogens is 2. The first kappa shape index (κ1) is 19.4. The van der Waals surface area contributed by atoms with Gasteiger partial charge in [0.1, 0.15) is 6.04 Å². The Bertz CT molecular complexity index is 934. The quantitative estimate of drug-likeness (QED) is 0.265. The van der Waals surface area contributed by atoms with Crippen LogP contribution in [0.15, 0.2) is 36.7 Å². The Morgan fingerprint density at radius 3 is 2.22 bits per heavy atom. The topological polar surface area (TPSA) is 156 Å². The van der Waals surface area contributed by atoms with Crippen LogP contribution in [0.3, 0.4) is 0 Å². The van der Waals surface area contributed by atoms with E-state index in [4.69, 9.17) is 16.7 Å². The minimum absolute atomic E-state index is 0.153. The molecule has 7 N–H and O–H groups in total. The molecular formula is C18H16N6O3. The average Bonchev–Trinajstić information content (AvgIpc) is 2.70. The lowest BCUT2D eigenvalue weighted by Crippen LogP contribution is -2.50. The van der Waals surface area contributed by atoms with Crippen LogP contribution in [-0.2, 0) is 4.79 Å². The van der Waals surface area contributed by atoms with Crippen molar-refractivity contribution in [1.29, 1.82) is 0 Å². The summed E-state index contributed by atoms with van der Waals surface area (Å²) < 4.78 is 0. The zero-order valence-corrected chi connectivity index (χ0v) is 14.1. The molecule has 9 nitrogen and oxygen atoms in total. The molecule has 0 saturated carbocycles. The van der Waals surface area contributed by atoms with Crippen molar-refractivity contribution in [2.75, 3.05) is 12.3 Å². The number of hydroxylamine groups is 1. The highest BCUT2D eigenvalue weighted by Gasteiger charge is 2.19. The number of hydrogen-bond acceptors (Lipinski definition) is 7. The molecule has 2 aromatic rings. The summed E-state index contributed by atoms with van der Waals surface area (Å²) in [6.45, 7) is -0.153. The Morgan fingerprint density at radius 2 is 1.67 bits per heavy atom. The molecule has 0 unspecified atom stereocenters. The van der Waals surface area contributed by atoms with E-state index in [1.807, 2.05) is 0 Å². The van der Waals surface area contributed by atoms with Gasteiger partial charge in [-0.05, 0) is 42.0 Å². The van der Waals surface area contributed by atoms with Gasteiger partial charge in [0.05, 0.1) is 5.56 Å². The number of carbonyl (C=O) groups is 2. The normalized spacial score (nSPS) is 10.4. The average molecular weight is 364 g/mol. The smallest absolute Gasteiger partial charge is 0.267 e. The molecule has 1 atom stereocenters. The van der Waals surface area contributed by atoms with Crippen molar-refractivity contribution in [2.24, 2.45) is 5.73 Å². The number of rotatable bonds is 4. The standard InChI is InChI=1S/C18H16N6O3/c19-9-15(17(26)24-27)23-16(25)14-7-5-12(6-8-14)3-1-2-4-13-10-21-18(20)22-11-13/h5-8,10-11,15,27H,9,19H2,(H,23,25)(H,24,26)(H2,20,21,22)/t15-/m0/s1. The van der Waals surface area contributed by atoms with Crippen molar-refractivity contribution in [3.63, 3.8) is 0 Å². The highest BCUT2D eigenvalue weighted by Crippen LogP contribution is 2.04. The second-order valence-electron chi connectivity index (χ2n) is 5.15. The molecule has 0 saturated heterocycles. The Hall–Kier alpha value is -3.92. The molecule has 1 aromatic heterocycles. The molecule has 1 aromatic carbocycles. The van der Waals surface area contributed by atoms with Crippen LogP contribution < -0.4 is 22.3 Å². The molecule has 0 spiro atoms. The van der Waals surface area contributed by atoms with Crippen LogP contribution in [0.1, 0.15) is 21.5 Å². The van der Waals surface area contributed by atoms with E-state index in [0.29, 0.717) is 16.7 Å². The molecule has 2 amide bonds. The van der Waals surface area contributed by atoms with Crippen molar-refractivity contribution < 1.29 is 14.8 Å². The molecule has 136 valence electrons. The number of nitrogens with zero attached hydrogens (tertiary/aromatic N) is 2. The van der Waals surface area contributed by atoms with Crippen LogP contribution in [0.5, 0.6) is 0 Å². The van der Waals surface area contributed by atoms with E-state index in [1.54, 1.807) is 24.3 Å². The predicted octanol–water partition coefficient (Wildman–Crippen LogP) is -0.975. The van der Waals surface area contributed by atoms with Gasteiger partial charge in [0.25, 0.3) is 11.8 Å². The maximum absolute atomic E-state index is 12.1. The van der Waals surface area contributed by atoms with Crippen LogP contribution in [0.2, 0.25) is 0 Å². The summed E-state index contributed by atoms with van der Waals surface area (Å²) in [5.74, 6) is 9.83. The molecule has 0 fully saturated rings. The number of benzene rings is 1. The molecule has 1 heterocycles. The van der Waals surface area contributed by atoms with Gasteiger partial charge in [0.2, 0.25) is 5.95 Å². The Kier molecular flexibility index (Phi) is 6.85. The Morgan fingerprint density at radius 1 is 1.07 bits per heavy atom. The third-order valence-corrected chi connectivity index (χ3v) is 3.26. The first-order valence-electron chi connectivity index (χ1n) is 7.68. The lowest BCUT2D eigenvalue weighted by molar-refractivity contribution is -0.130.